The summed E-state index contributed by atoms with van der Waals surface area (Å²) in [6, 6.07) is 7.37. The van der Waals surface area contributed by atoms with Crippen molar-refractivity contribution >= 4 is 35.1 Å². The molecule has 6 nitrogen and oxygen atoms in total. The van der Waals surface area contributed by atoms with Gasteiger partial charge in [0.1, 0.15) is 5.82 Å². The lowest BCUT2D eigenvalue weighted by molar-refractivity contribution is 0.0599. The molecule has 0 aliphatic rings. The van der Waals surface area contributed by atoms with Crippen LogP contribution in [0.3, 0.4) is 0 Å². The number of carbonyl (C=O) groups is 3. The summed E-state index contributed by atoms with van der Waals surface area (Å²) >= 11 is 5.77. The predicted octanol–water partition coefficient (Wildman–Crippen LogP) is 3.30. The van der Waals surface area contributed by atoms with E-state index in [1.807, 2.05) is 0 Å². The molecular formula is C17H13ClFNO5. The molecule has 1 amide bonds. The van der Waals surface area contributed by atoms with Crippen LogP contribution in [-0.4, -0.2) is 32.1 Å². The number of rotatable bonds is 4. The molecule has 0 spiro atoms. The van der Waals surface area contributed by atoms with Gasteiger partial charge in [0, 0.05) is 10.7 Å². The van der Waals surface area contributed by atoms with Crippen molar-refractivity contribution in [3.63, 3.8) is 0 Å². The van der Waals surface area contributed by atoms with Crippen LogP contribution in [-0.2, 0) is 9.47 Å². The van der Waals surface area contributed by atoms with Crippen molar-refractivity contribution in [2.24, 2.45) is 0 Å². The molecule has 0 aromatic heterocycles. The summed E-state index contributed by atoms with van der Waals surface area (Å²) in [6.07, 6.45) is 0. The molecule has 2 aromatic rings. The second-order valence-corrected chi connectivity index (χ2v) is 5.30. The third kappa shape index (κ3) is 4.33. The Hall–Kier alpha value is -2.93. The number of hydrogen-bond acceptors (Lipinski definition) is 5. The molecule has 8 heteroatoms. The number of carbonyl (C=O) groups excluding carboxylic acids is 3. The molecule has 0 fully saturated rings. The number of halogens is 2. The van der Waals surface area contributed by atoms with Crippen molar-refractivity contribution in [1.29, 1.82) is 0 Å². The lowest BCUT2D eigenvalue weighted by Gasteiger charge is -2.10. The Bertz CT molecular complexity index is 819. The van der Waals surface area contributed by atoms with Gasteiger partial charge in [0.15, 0.2) is 0 Å². The molecule has 0 saturated carbocycles. The Morgan fingerprint density at radius 2 is 1.52 bits per heavy atom. The summed E-state index contributed by atoms with van der Waals surface area (Å²) in [6.45, 7) is 0. The number of amides is 1. The van der Waals surface area contributed by atoms with Gasteiger partial charge in [-0.1, -0.05) is 11.6 Å². The number of nitrogens with one attached hydrogen (secondary N) is 1. The Morgan fingerprint density at radius 3 is 2.04 bits per heavy atom. The van der Waals surface area contributed by atoms with Crippen molar-refractivity contribution in [2.75, 3.05) is 19.5 Å². The van der Waals surface area contributed by atoms with Crippen LogP contribution >= 0.6 is 11.6 Å². The van der Waals surface area contributed by atoms with E-state index in [0.717, 1.165) is 12.1 Å². The number of benzene rings is 2. The quantitative estimate of drug-likeness (QED) is 0.841. The van der Waals surface area contributed by atoms with Gasteiger partial charge in [-0.2, -0.15) is 0 Å². The van der Waals surface area contributed by atoms with Gasteiger partial charge in [-0.3, -0.25) is 4.79 Å². The summed E-state index contributed by atoms with van der Waals surface area (Å²) in [5, 5.41) is 2.60. The first-order valence-electron chi connectivity index (χ1n) is 6.94. The van der Waals surface area contributed by atoms with E-state index in [4.69, 9.17) is 11.6 Å². The molecule has 0 aliphatic heterocycles. The van der Waals surface area contributed by atoms with Crippen molar-refractivity contribution < 1.29 is 28.2 Å². The summed E-state index contributed by atoms with van der Waals surface area (Å²) in [5.41, 5.74) is -0.150. The van der Waals surface area contributed by atoms with E-state index in [-0.39, 0.29) is 27.4 Å². The number of methoxy groups -OCH3 is 2. The number of hydrogen-bond donors (Lipinski definition) is 1. The monoisotopic (exact) mass is 365 g/mol. The predicted molar refractivity (Wildman–Crippen MR) is 88.5 cm³/mol. The van der Waals surface area contributed by atoms with E-state index in [2.05, 4.69) is 14.8 Å². The van der Waals surface area contributed by atoms with Crippen LogP contribution in [0.1, 0.15) is 31.1 Å². The van der Waals surface area contributed by atoms with Crippen LogP contribution in [0.25, 0.3) is 0 Å². The van der Waals surface area contributed by atoms with Gasteiger partial charge in [0.2, 0.25) is 0 Å². The molecule has 0 heterocycles. The lowest BCUT2D eigenvalue weighted by atomic mass is 10.1. The minimum absolute atomic E-state index is 0.0206. The summed E-state index contributed by atoms with van der Waals surface area (Å²) in [4.78, 5) is 35.7. The zero-order valence-electron chi connectivity index (χ0n) is 13.3. The van der Waals surface area contributed by atoms with Crippen molar-refractivity contribution in [3.8, 4) is 0 Å². The topological polar surface area (TPSA) is 81.7 Å². The fraction of sp³-hybridized carbons (Fsp3) is 0.118. The van der Waals surface area contributed by atoms with E-state index in [0.29, 0.717) is 0 Å². The average Bonchev–Trinajstić information content (AvgIpc) is 2.61. The minimum atomic E-state index is -0.794. The largest absolute Gasteiger partial charge is 0.465 e. The third-order valence-corrected chi connectivity index (χ3v) is 3.44. The number of ether oxygens (including phenoxy) is 2. The molecule has 0 saturated heterocycles. The fourth-order valence-corrected chi connectivity index (χ4v) is 2.21. The molecular weight excluding hydrogens is 353 g/mol. The summed E-state index contributed by atoms with van der Waals surface area (Å²) < 4.78 is 23.0. The van der Waals surface area contributed by atoms with E-state index in [1.165, 1.54) is 38.5 Å². The highest BCUT2D eigenvalue weighted by Gasteiger charge is 2.17. The lowest BCUT2D eigenvalue weighted by Crippen LogP contribution is -2.15. The first kappa shape index (κ1) is 18.4. The zero-order valence-corrected chi connectivity index (χ0v) is 14.0. The van der Waals surface area contributed by atoms with Crippen molar-refractivity contribution in [3.05, 3.63) is 63.9 Å². The molecule has 25 heavy (non-hydrogen) atoms. The average molecular weight is 366 g/mol. The maximum absolute atomic E-state index is 13.8. The molecule has 1 N–H and O–H groups in total. The number of esters is 2. The Morgan fingerprint density at radius 1 is 0.960 bits per heavy atom. The van der Waals surface area contributed by atoms with Gasteiger partial charge in [-0.05, 0) is 36.4 Å². The van der Waals surface area contributed by atoms with Crippen LogP contribution in [0.2, 0.25) is 5.02 Å². The summed E-state index contributed by atoms with van der Waals surface area (Å²) in [5.74, 6) is -2.98. The standard InChI is InChI=1S/C17H13ClFNO5/c1-24-16(22)9-5-10(17(23)25-2)7-12(6-9)20-15(21)13-8-11(18)3-4-14(13)19/h3-8H,1-2H3,(H,20,21). The zero-order chi connectivity index (χ0) is 18.6. The van der Waals surface area contributed by atoms with Crippen LogP contribution < -0.4 is 5.32 Å². The van der Waals surface area contributed by atoms with Crippen LogP contribution in [0.4, 0.5) is 10.1 Å². The van der Waals surface area contributed by atoms with Gasteiger partial charge in [0.05, 0.1) is 30.9 Å². The second-order valence-electron chi connectivity index (χ2n) is 4.86. The highest BCUT2D eigenvalue weighted by molar-refractivity contribution is 6.31. The molecule has 0 bridgehead atoms. The normalized spacial score (nSPS) is 10.1. The Balaban J connectivity index is 2.40. The molecule has 0 atom stereocenters. The second kappa shape index (κ2) is 7.76. The maximum Gasteiger partial charge on any atom is 0.337 e. The van der Waals surface area contributed by atoms with E-state index in [9.17, 15) is 18.8 Å². The summed E-state index contributed by atoms with van der Waals surface area (Å²) in [7, 11) is 2.35. The first-order chi connectivity index (χ1) is 11.8. The Kier molecular flexibility index (Phi) is 5.71. The SMILES string of the molecule is COC(=O)c1cc(NC(=O)c2cc(Cl)ccc2F)cc(C(=O)OC)c1. The van der Waals surface area contributed by atoms with Crippen molar-refractivity contribution in [2.45, 2.75) is 0 Å². The van der Waals surface area contributed by atoms with Gasteiger partial charge in [-0.15, -0.1) is 0 Å². The molecule has 130 valence electrons. The van der Waals surface area contributed by atoms with Crippen LogP contribution in [0.5, 0.6) is 0 Å². The first-order valence-corrected chi connectivity index (χ1v) is 7.31. The molecule has 2 aromatic carbocycles. The van der Waals surface area contributed by atoms with E-state index >= 15 is 0 Å². The van der Waals surface area contributed by atoms with Gasteiger partial charge >= 0.3 is 11.9 Å². The molecule has 0 aliphatic carbocycles. The number of anilines is 1. The fourth-order valence-electron chi connectivity index (χ4n) is 2.04. The highest BCUT2D eigenvalue weighted by atomic mass is 35.5. The van der Waals surface area contributed by atoms with Crippen molar-refractivity contribution in [1.82, 2.24) is 0 Å². The third-order valence-electron chi connectivity index (χ3n) is 3.21. The van der Waals surface area contributed by atoms with Gasteiger partial charge in [-0.25, -0.2) is 14.0 Å². The maximum atomic E-state index is 13.8. The highest BCUT2D eigenvalue weighted by Crippen LogP contribution is 2.20. The molecule has 0 unspecified atom stereocenters. The molecule has 0 radical (unpaired) electrons. The molecule has 2 rings (SSSR count). The van der Waals surface area contributed by atoms with Crippen LogP contribution in [0, 0.1) is 5.82 Å². The Labute approximate surface area is 147 Å². The van der Waals surface area contributed by atoms with Gasteiger partial charge in [0.25, 0.3) is 5.91 Å². The van der Waals surface area contributed by atoms with E-state index < -0.39 is 23.7 Å². The minimum Gasteiger partial charge on any atom is -0.465 e. The van der Waals surface area contributed by atoms with E-state index in [1.54, 1.807) is 0 Å². The smallest absolute Gasteiger partial charge is 0.337 e. The van der Waals surface area contributed by atoms with Crippen LogP contribution in [0.15, 0.2) is 36.4 Å². The van der Waals surface area contributed by atoms with Gasteiger partial charge < -0.3 is 14.8 Å².